The molecule has 0 unspecified atom stereocenters. The van der Waals surface area contributed by atoms with Gasteiger partial charge < -0.3 is 20.1 Å². The predicted octanol–water partition coefficient (Wildman–Crippen LogP) is 3.03. The second-order valence-electron chi connectivity index (χ2n) is 7.23. The number of carboxylic acids is 1. The van der Waals surface area contributed by atoms with Crippen LogP contribution < -0.4 is 5.32 Å². The summed E-state index contributed by atoms with van der Waals surface area (Å²) in [6.45, 7) is 3.87. The van der Waals surface area contributed by atoms with Gasteiger partial charge in [-0.1, -0.05) is 6.42 Å². The summed E-state index contributed by atoms with van der Waals surface area (Å²) in [4.78, 5) is 37.7. The van der Waals surface area contributed by atoms with Crippen LogP contribution in [0.25, 0.3) is 0 Å². The number of esters is 1. The number of carbonyl (C=O) groups is 3. The number of rotatable bonds is 4. The molecule has 1 aromatic rings. The summed E-state index contributed by atoms with van der Waals surface area (Å²) in [7, 11) is 0. The molecule has 8 heteroatoms. The minimum Gasteiger partial charge on any atom is -0.481 e. The molecule has 1 aromatic carbocycles. The number of carbonyl (C=O) groups excluding carboxylic acids is 2. The van der Waals surface area contributed by atoms with E-state index in [2.05, 4.69) is 5.32 Å². The van der Waals surface area contributed by atoms with Crippen molar-refractivity contribution in [3.05, 3.63) is 29.1 Å². The molecule has 2 atom stereocenters. The SMILES string of the molecule is CCOC(=O)c1cc(NC(=O)N2C[C@@H]3CCC[C@@]3(C(=O)O)C2)c(F)cc1C. The van der Waals surface area contributed by atoms with Gasteiger partial charge in [-0.25, -0.2) is 14.0 Å². The zero-order valence-corrected chi connectivity index (χ0v) is 15.4. The summed E-state index contributed by atoms with van der Waals surface area (Å²) in [6.07, 6.45) is 2.15. The van der Waals surface area contributed by atoms with Crippen molar-refractivity contribution >= 4 is 23.7 Å². The Labute approximate surface area is 156 Å². The van der Waals surface area contributed by atoms with Crippen LogP contribution in [0.15, 0.2) is 12.1 Å². The molecule has 1 saturated carbocycles. The fourth-order valence-corrected chi connectivity index (χ4v) is 4.19. The lowest BCUT2D eigenvalue weighted by Gasteiger charge is -2.23. The van der Waals surface area contributed by atoms with Gasteiger partial charge in [-0.2, -0.15) is 0 Å². The molecule has 2 amide bonds. The van der Waals surface area contributed by atoms with E-state index in [0.29, 0.717) is 18.5 Å². The van der Waals surface area contributed by atoms with Crippen molar-refractivity contribution in [3.8, 4) is 0 Å². The van der Waals surface area contributed by atoms with Gasteiger partial charge in [0, 0.05) is 13.1 Å². The third-order valence-corrected chi connectivity index (χ3v) is 5.63. The smallest absolute Gasteiger partial charge is 0.338 e. The van der Waals surface area contributed by atoms with Gasteiger partial charge in [-0.05, 0) is 50.3 Å². The molecule has 1 aliphatic carbocycles. The van der Waals surface area contributed by atoms with Crippen molar-refractivity contribution in [3.63, 3.8) is 0 Å². The predicted molar refractivity (Wildman–Crippen MR) is 95.1 cm³/mol. The van der Waals surface area contributed by atoms with Gasteiger partial charge in [0.25, 0.3) is 0 Å². The number of anilines is 1. The molecule has 0 spiro atoms. The highest BCUT2D eigenvalue weighted by Crippen LogP contribution is 2.49. The molecule has 27 heavy (non-hydrogen) atoms. The largest absolute Gasteiger partial charge is 0.481 e. The zero-order chi connectivity index (χ0) is 19.8. The number of aliphatic carboxylic acids is 1. The maximum Gasteiger partial charge on any atom is 0.338 e. The molecule has 3 rings (SSSR count). The van der Waals surface area contributed by atoms with Gasteiger partial charge in [-0.3, -0.25) is 4.79 Å². The minimum atomic E-state index is -0.904. The Bertz CT molecular complexity index is 797. The van der Waals surface area contributed by atoms with E-state index in [0.717, 1.165) is 12.8 Å². The number of likely N-dealkylation sites (tertiary alicyclic amines) is 1. The normalized spacial score (nSPS) is 23.8. The van der Waals surface area contributed by atoms with Crippen LogP contribution in [0.4, 0.5) is 14.9 Å². The number of nitrogens with one attached hydrogen (secondary N) is 1. The van der Waals surface area contributed by atoms with E-state index in [1.165, 1.54) is 17.0 Å². The van der Waals surface area contributed by atoms with Crippen molar-refractivity contribution < 1.29 is 28.6 Å². The topological polar surface area (TPSA) is 95.9 Å². The van der Waals surface area contributed by atoms with E-state index in [-0.39, 0.29) is 30.3 Å². The lowest BCUT2D eigenvalue weighted by atomic mass is 9.81. The quantitative estimate of drug-likeness (QED) is 0.785. The van der Waals surface area contributed by atoms with Crippen LogP contribution in [-0.2, 0) is 9.53 Å². The van der Waals surface area contributed by atoms with E-state index in [9.17, 15) is 23.9 Å². The Morgan fingerprint density at radius 2 is 2.15 bits per heavy atom. The van der Waals surface area contributed by atoms with Crippen molar-refractivity contribution in [2.45, 2.75) is 33.1 Å². The van der Waals surface area contributed by atoms with Crippen LogP contribution in [0.2, 0.25) is 0 Å². The Hall–Kier alpha value is -2.64. The second-order valence-corrected chi connectivity index (χ2v) is 7.23. The average Bonchev–Trinajstić information content (AvgIpc) is 3.15. The number of hydrogen-bond donors (Lipinski definition) is 2. The molecule has 7 nitrogen and oxygen atoms in total. The maximum absolute atomic E-state index is 14.3. The number of hydrogen-bond acceptors (Lipinski definition) is 4. The van der Waals surface area contributed by atoms with Gasteiger partial charge in [0.2, 0.25) is 0 Å². The molecule has 1 heterocycles. The monoisotopic (exact) mass is 378 g/mol. The Kier molecular flexibility index (Phi) is 5.08. The fourth-order valence-electron chi connectivity index (χ4n) is 4.19. The Morgan fingerprint density at radius 1 is 1.41 bits per heavy atom. The molecule has 2 N–H and O–H groups in total. The van der Waals surface area contributed by atoms with E-state index >= 15 is 0 Å². The highest BCUT2D eigenvalue weighted by Gasteiger charge is 2.55. The van der Waals surface area contributed by atoms with Crippen LogP contribution in [0.5, 0.6) is 0 Å². The minimum absolute atomic E-state index is 0.0845. The number of amides is 2. The molecule has 1 aliphatic heterocycles. The van der Waals surface area contributed by atoms with Crippen molar-refractivity contribution in [2.24, 2.45) is 11.3 Å². The lowest BCUT2D eigenvalue weighted by Crippen LogP contribution is -2.38. The number of halogens is 1. The molecule has 2 aliphatic rings. The number of nitrogens with zero attached hydrogens (tertiary/aromatic N) is 1. The first-order chi connectivity index (χ1) is 12.8. The molecule has 0 radical (unpaired) electrons. The van der Waals surface area contributed by atoms with Gasteiger partial charge in [0.15, 0.2) is 0 Å². The number of benzene rings is 1. The van der Waals surface area contributed by atoms with E-state index in [1.54, 1.807) is 13.8 Å². The summed E-state index contributed by atoms with van der Waals surface area (Å²) in [5.41, 5.74) is -0.451. The standard InChI is InChI=1S/C19H23FN2O5/c1-3-27-16(23)13-8-15(14(20)7-11(13)2)21-18(26)22-9-12-5-4-6-19(12,10-22)17(24)25/h7-8,12H,3-6,9-10H2,1-2H3,(H,21,26)(H,24,25)/t12-,19+/m0/s1. The second kappa shape index (κ2) is 7.17. The molecule has 0 aromatic heterocycles. The van der Waals surface area contributed by atoms with E-state index in [4.69, 9.17) is 4.74 Å². The van der Waals surface area contributed by atoms with E-state index < -0.39 is 29.2 Å². The number of carboxylic acid groups (broad SMARTS) is 1. The summed E-state index contributed by atoms with van der Waals surface area (Å²) >= 11 is 0. The van der Waals surface area contributed by atoms with Crippen LogP contribution in [0, 0.1) is 24.1 Å². The molecule has 2 fully saturated rings. The van der Waals surface area contributed by atoms with Crippen LogP contribution in [0.1, 0.15) is 42.1 Å². The Morgan fingerprint density at radius 3 is 2.78 bits per heavy atom. The van der Waals surface area contributed by atoms with Crippen molar-refractivity contribution in [1.29, 1.82) is 0 Å². The van der Waals surface area contributed by atoms with Gasteiger partial charge in [0.05, 0.1) is 23.3 Å². The number of ether oxygens (including phenoxy) is 1. The molecular formula is C19H23FN2O5. The molecule has 1 saturated heterocycles. The highest BCUT2D eigenvalue weighted by molar-refractivity contribution is 5.95. The van der Waals surface area contributed by atoms with Gasteiger partial charge >= 0.3 is 18.0 Å². The summed E-state index contributed by atoms with van der Waals surface area (Å²) < 4.78 is 19.2. The maximum atomic E-state index is 14.3. The highest BCUT2D eigenvalue weighted by atomic mass is 19.1. The van der Waals surface area contributed by atoms with E-state index in [1.807, 2.05) is 0 Å². The fraction of sp³-hybridized carbons (Fsp3) is 0.526. The molecule has 0 bridgehead atoms. The molecule has 146 valence electrons. The summed E-state index contributed by atoms with van der Waals surface area (Å²) in [5, 5.41) is 12.1. The number of aryl methyl sites for hydroxylation is 1. The lowest BCUT2D eigenvalue weighted by molar-refractivity contribution is -0.149. The molecular weight excluding hydrogens is 355 g/mol. The number of urea groups is 1. The van der Waals surface area contributed by atoms with Crippen LogP contribution >= 0.6 is 0 Å². The first-order valence-electron chi connectivity index (χ1n) is 9.05. The first-order valence-corrected chi connectivity index (χ1v) is 9.05. The van der Waals surface area contributed by atoms with Crippen molar-refractivity contribution in [2.75, 3.05) is 25.0 Å². The summed E-state index contributed by atoms with van der Waals surface area (Å²) in [5.74, 6) is -2.22. The first kappa shape index (κ1) is 19.1. The zero-order valence-electron chi connectivity index (χ0n) is 15.4. The third kappa shape index (κ3) is 3.36. The summed E-state index contributed by atoms with van der Waals surface area (Å²) in [6, 6.07) is 1.85. The van der Waals surface area contributed by atoms with Crippen LogP contribution in [0.3, 0.4) is 0 Å². The third-order valence-electron chi connectivity index (χ3n) is 5.63. The average molecular weight is 378 g/mol. The Balaban J connectivity index is 1.78. The van der Waals surface area contributed by atoms with Crippen molar-refractivity contribution in [1.82, 2.24) is 4.90 Å². The van der Waals surface area contributed by atoms with Crippen LogP contribution in [-0.4, -0.2) is 47.7 Å². The van der Waals surface area contributed by atoms with Gasteiger partial charge in [0.1, 0.15) is 5.82 Å². The number of fused-ring (bicyclic) bond motifs is 1. The van der Waals surface area contributed by atoms with Gasteiger partial charge in [-0.15, -0.1) is 0 Å².